The molecule has 0 bridgehead atoms. The summed E-state index contributed by atoms with van der Waals surface area (Å²) < 4.78 is 172. The van der Waals surface area contributed by atoms with Crippen molar-refractivity contribution >= 4 is 30.2 Å². The highest BCUT2D eigenvalue weighted by molar-refractivity contribution is 8.05. The van der Waals surface area contributed by atoms with Crippen molar-refractivity contribution in [3.8, 4) is 0 Å². The molecule has 0 heterocycles. The number of hydrogen-bond donors (Lipinski definition) is 1. The maximum atomic E-state index is 13.2. The van der Waals surface area contributed by atoms with Gasteiger partial charge in [-0.1, -0.05) is 3.71 Å². The van der Waals surface area contributed by atoms with Crippen molar-refractivity contribution in [3.05, 3.63) is 0 Å². The van der Waals surface area contributed by atoms with E-state index in [-0.39, 0.29) is 0 Å². The van der Waals surface area contributed by atoms with Gasteiger partial charge in [-0.15, -0.1) is 0 Å². The summed E-state index contributed by atoms with van der Waals surface area (Å²) in [5.74, 6) is 0. The van der Waals surface area contributed by atoms with Crippen molar-refractivity contribution in [1.82, 2.24) is 3.71 Å². The monoisotopic (exact) mass is 439 g/mol. The van der Waals surface area contributed by atoms with Gasteiger partial charge < -0.3 is 0 Å². The molecule has 0 rings (SSSR count). The maximum absolute atomic E-state index is 13.2. The second-order valence-electron chi connectivity index (χ2n) is 3.76. The first-order chi connectivity index (χ1) is 10.1. The van der Waals surface area contributed by atoms with Crippen LogP contribution in [0.1, 0.15) is 0 Å². The van der Waals surface area contributed by atoms with Gasteiger partial charge in [0, 0.05) is 7.05 Å². The zero-order chi connectivity index (χ0) is 20.2. The zero-order valence-corrected chi connectivity index (χ0v) is 13.1. The van der Waals surface area contributed by atoms with E-state index in [9.17, 15) is 60.4 Å². The van der Waals surface area contributed by atoms with E-state index in [1.54, 1.807) is 0 Å². The second-order valence-corrected chi connectivity index (χ2v) is 9.51. The Morgan fingerprint density at radius 1 is 0.792 bits per heavy atom. The molecule has 0 aromatic heterocycles. The van der Waals surface area contributed by atoms with Crippen molar-refractivity contribution < 1.29 is 64.9 Å². The van der Waals surface area contributed by atoms with Crippen molar-refractivity contribution in [2.75, 3.05) is 7.05 Å². The van der Waals surface area contributed by atoms with Crippen molar-refractivity contribution in [2.24, 2.45) is 0 Å². The Balaban J connectivity index is 6.50. The summed E-state index contributed by atoms with van der Waals surface area (Å²) in [6, 6.07) is 0. The second kappa shape index (κ2) is 5.88. The lowest BCUT2D eigenvalue weighted by molar-refractivity contribution is -0.103. The summed E-state index contributed by atoms with van der Waals surface area (Å²) in [6.45, 7) is 0. The molecule has 0 aromatic rings. The van der Waals surface area contributed by atoms with E-state index in [1.807, 2.05) is 0 Å². The molecule has 0 aliphatic rings. The molecule has 0 saturated heterocycles. The fraction of sp³-hybridized carbons (Fsp3) is 1.00. The molecule has 0 amide bonds. The molecule has 0 radical (unpaired) electrons. The minimum absolute atomic E-state index is 0.741. The van der Waals surface area contributed by atoms with Crippen LogP contribution < -0.4 is 0 Å². The van der Waals surface area contributed by atoms with Crippen LogP contribution in [-0.4, -0.2) is 62.8 Å². The zero-order valence-electron chi connectivity index (χ0n) is 10.7. The fourth-order valence-electron chi connectivity index (χ4n) is 0.875. The lowest BCUT2D eigenvalue weighted by Gasteiger charge is -2.29. The number of rotatable bonds is 7. The van der Waals surface area contributed by atoms with Gasteiger partial charge in [-0.25, -0.2) is 25.6 Å². The minimum atomic E-state index is -7.54. The summed E-state index contributed by atoms with van der Waals surface area (Å²) in [5.41, 5.74) is 0. The normalized spacial score (nSPS) is 16.0. The molecule has 0 fully saturated rings. The number of sulfonamides is 2. The molecular weight excluding hydrogens is 434 g/mol. The number of halogens is 8. The highest BCUT2D eigenvalue weighted by Gasteiger charge is 2.76. The van der Waals surface area contributed by atoms with Gasteiger partial charge in [0.25, 0.3) is 10.0 Å². The minimum Gasteiger partial charge on any atom is -0.281 e. The molecule has 0 aliphatic carbocycles. The third kappa shape index (κ3) is 3.06. The largest absolute Gasteiger partial charge is 0.448 e. The molecule has 8 nitrogen and oxygen atoms in total. The average molecular weight is 439 g/mol. The number of alkyl halides is 8. The molecule has 0 atom stereocenters. The Morgan fingerprint density at radius 3 is 1.38 bits per heavy atom. The third-order valence-corrected chi connectivity index (χ3v) is 7.60. The Bertz CT molecular complexity index is 801. The van der Waals surface area contributed by atoms with Crippen LogP contribution in [0.25, 0.3) is 0 Å². The molecule has 1 N–H and O–H groups in total. The first-order valence-corrected chi connectivity index (χ1v) is 9.04. The quantitative estimate of drug-likeness (QED) is 0.453. The maximum Gasteiger partial charge on any atom is 0.448 e. The third-order valence-electron chi connectivity index (χ3n) is 2.26. The lowest BCUT2D eigenvalue weighted by atomic mass is 10.7. The van der Waals surface area contributed by atoms with Gasteiger partial charge in [0.05, 0.1) is 0 Å². The molecule has 0 unspecified atom stereocenters. The van der Waals surface area contributed by atoms with Crippen LogP contribution in [0.2, 0.25) is 0 Å². The number of nitrogens with zero attached hydrogens (tertiary/aromatic N) is 1. The van der Waals surface area contributed by atoms with Crippen LogP contribution in [-0.2, 0) is 30.2 Å². The summed E-state index contributed by atoms with van der Waals surface area (Å²) >= 11 is 0. The highest BCUT2D eigenvalue weighted by Crippen LogP contribution is 2.45. The summed E-state index contributed by atoms with van der Waals surface area (Å²) in [4.78, 5) is 0. The van der Waals surface area contributed by atoms with Gasteiger partial charge >= 0.3 is 42.3 Å². The van der Waals surface area contributed by atoms with E-state index >= 15 is 0 Å². The van der Waals surface area contributed by atoms with E-state index in [0.29, 0.717) is 0 Å². The SMILES string of the molecule is CN(S(=O)(=O)C(F)(F)C(F)F)S(=O)(=O)C(F)(F)C(F)(F)S(=O)(=O)O. The van der Waals surface area contributed by atoms with E-state index in [1.165, 1.54) is 0 Å². The van der Waals surface area contributed by atoms with Gasteiger partial charge in [-0.3, -0.25) is 4.55 Å². The van der Waals surface area contributed by atoms with Crippen molar-refractivity contribution in [3.63, 3.8) is 0 Å². The van der Waals surface area contributed by atoms with Gasteiger partial charge in [0.2, 0.25) is 0 Å². The van der Waals surface area contributed by atoms with Crippen LogP contribution in [0, 0.1) is 0 Å². The van der Waals surface area contributed by atoms with Crippen LogP contribution in [0.4, 0.5) is 35.1 Å². The van der Waals surface area contributed by atoms with Gasteiger partial charge in [0.1, 0.15) is 0 Å². The first kappa shape index (κ1) is 23.2. The topological polar surface area (TPSA) is 126 Å². The van der Waals surface area contributed by atoms with E-state index < -0.39 is 63.1 Å². The Morgan fingerprint density at radius 2 is 1.12 bits per heavy atom. The van der Waals surface area contributed by atoms with Gasteiger partial charge in [-0.2, -0.15) is 34.8 Å². The molecule has 0 aliphatic heterocycles. The van der Waals surface area contributed by atoms with Crippen LogP contribution in [0.5, 0.6) is 0 Å². The molecule has 24 heavy (non-hydrogen) atoms. The van der Waals surface area contributed by atoms with E-state index in [2.05, 4.69) is 0 Å². The number of hydrogen-bond acceptors (Lipinski definition) is 6. The predicted molar refractivity (Wildman–Crippen MR) is 58.0 cm³/mol. The van der Waals surface area contributed by atoms with Crippen molar-refractivity contribution in [1.29, 1.82) is 0 Å². The Labute approximate surface area is 128 Å². The fourth-order valence-corrected chi connectivity index (χ4v) is 4.61. The van der Waals surface area contributed by atoms with E-state index in [0.717, 1.165) is 0 Å². The molecule has 0 saturated carbocycles. The van der Waals surface area contributed by atoms with Crippen molar-refractivity contribution in [2.45, 2.75) is 22.2 Å². The van der Waals surface area contributed by atoms with Gasteiger partial charge in [0.15, 0.2) is 0 Å². The molecule has 19 heteroatoms. The summed E-state index contributed by atoms with van der Waals surface area (Å²) in [7, 11) is -22.7. The van der Waals surface area contributed by atoms with Crippen LogP contribution in [0.3, 0.4) is 0 Å². The molecule has 146 valence electrons. The standard InChI is InChI=1S/C5H5F8NO7S3/c1-14(22(15,16)3(8,9)2(6)7)23(17,18)4(10,11)5(12,13)24(19,20)21/h2H,1H3,(H,19,20,21). The Hall–Kier alpha value is -0.790. The molecular formula is C5H5F8NO7S3. The average Bonchev–Trinajstić information content (AvgIpc) is 2.35. The Kier molecular flexibility index (Phi) is 5.69. The smallest absolute Gasteiger partial charge is 0.281 e. The van der Waals surface area contributed by atoms with Gasteiger partial charge in [-0.05, 0) is 0 Å². The van der Waals surface area contributed by atoms with Crippen LogP contribution >= 0.6 is 0 Å². The lowest BCUT2D eigenvalue weighted by Crippen LogP contribution is -2.59. The highest BCUT2D eigenvalue weighted by atomic mass is 32.3. The first-order valence-electron chi connectivity index (χ1n) is 4.72. The van der Waals surface area contributed by atoms with Crippen LogP contribution in [0.15, 0.2) is 0 Å². The predicted octanol–water partition coefficient (Wildman–Crippen LogP) is 0.509. The molecule has 0 spiro atoms. The summed E-state index contributed by atoms with van der Waals surface area (Å²) in [6.07, 6.45) is -5.16. The van der Waals surface area contributed by atoms with E-state index in [4.69, 9.17) is 4.55 Å². The molecule has 0 aromatic carbocycles. The summed E-state index contributed by atoms with van der Waals surface area (Å²) in [5, 5.41) is -20.2.